The molecule has 23 heavy (non-hydrogen) atoms. The number of anilines is 1. The number of benzene rings is 1. The van der Waals surface area contributed by atoms with Crippen molar-refractivity contribution in [2.24, 2.45) is 5.92 Å². The van der Waals surface area contributed by atoms with E-state index in [1.54, 1.807) is 11.3 Å². The Kier molecular flexibility index (Phi) is 3.70. The maximum absolute atomic E-state index is 10.8. The van der Waals surface area contributed by atoms with Gasteiger partial charge in [0.2, 0.25) is 6.41 Å². The van der Waals surface area contributed by atoms with Crippen LogP contribution < -0.4 is 5.32 Å². The summed E-state index contributed by atoms with van der Waals surface area (Å²) in [6, 6.07) is 6.26. The highest BCUT2D eigenvalue weighted by Crippen LogP contribution is 2.30. The lowest BCUT2D eigenvalue weighted by Crippen LogP contribution is -2.21. The average molecular weight is 327 g/mol. The van der Waals surface area contributed by atoms with Crippen LogP contribution >= 0.6 is 11.3 Å². The Morgan fingerprint density at radius 2 is 2.39 bits per heavy atom. The molecular weight excluding hydrogens is 310 g/mol. The van der Waals surface area contributed by atoms with Crippen molar-refractivity contribution in [3.63, 3.8) is 0 Å². The standard InChI is InChI=1S/C16H17N5OS/c22-10-21-4-3-11(9-21)6-17-16-20-14-2-1-12(5-15(14)23-16)13-7-18-19-8-13/h1-2,5,7-8,10-11H,3-4,6,9H2,(H,17,20)(H,18,19). The number of thiazole rings is 1. The Morgan fingerprint density at radius 3 is 3.17 bits per heavy atom. The number of aromatic amines is 1. The Balaban J connectivity index is 1.47. The topological polar surface area (TPSA) is 73.9 Å². The monoisotopic (exact) mass is 327 g/mol. The van der Waals surface area contributed by atoms with Crippen molar-refractivity contribution >= 4 is 33.1 Å². The molecule has 6 nitrogen and oxygen atoms in total. The number of carbonyl (C=O) groups excluding carboxylic acids is 1. The minimum absolute atomic E-state index is 0.508. The molecule has 1 amide bonds. The highest BCUT2D eigenvalue weighted by molar-refractivity contribution is 7.22. The molecule has 2 N–H and O–H groups in total. The fourth-order valence-electron chi connectivity index (χ4n) is 2.95. The third-order valence-electron chi connectivity index (χ3n) is 4.23. The van der Waals surface area contributed by atoms with Gasteiger partial charge in [-0.15, -0.1) is 0 Å². The van der Waals surface area contributed by atoms with Crippen LogP contribution in [0.4, 0.5) is 5.13 Å². The van der Waals surface area contributed by atoms with E-state index in [9.17, 15) is 4.79 Å². The largest absolute Gasteiger partial charge is 0.361 e. The second-order valence-electron chi connectivity index (χ2n) is 5.82. The number of hydrogen-bond donors (Lipinski definition) is 2. The van der Waals surface area contributed by atoms with Gasteiger partial charge in [0.15, 0.2) is 5.13 Å². The number of nitrogens with zero attached hydrogens (tertiary/aromatic N) is 3. The second-order valence-corrected chi connectivity index (χ2v) is 6.86. The molecule has 1 aliphatic heterocycles. The molecule has 1 atom stereocenters. The highest BCUT2D eigenvalue weighted by Gasteiger charge is 2.21. The number of rotatable bonds is 5. The predicted octanol–water partition coefficient (Wildman–Crippen LogP) is 2.58. The Bertz CT molecular complexity index is 813. The first-order chi connectivity index (χ1) is 11.3. The van der Waals surface area contributed by atoms with E-state index in [0.717, 1.165) is 58.9 Å². The lowest BCUT2D eigenvalue weighted by molar-refractivity contribution is -0.117. The van der Waals surface area contributed by atoms with Gasteiger partial charge in [0.05, 0.1) is 16.4 Å². The molecule has 0 radical (unpaired) electrons. The van der Waals surface area contributed by atoms with Crippen LogP contribution in [0.2, 0.25) is 0 Å². The molecular formula is C16H17N5OS. The van der Waals surface area contributed by atoms with E-state index in [0.29, 0.717) is 5.92 Å². The zero-order valence-electron chi connectivity index (χ0n) is 12.5. The van der Waals surface area contributed by atoms with Gasteiger partial charge in [-0.2, -0.15) is 5.10 Å². The lowest BCUT2D eigenvalue weighted by Gasteiger charge is -2.10. The molecule has 0 spiro atoms. The molecule has 1 saturated heterocycles. The Hall–Kier alpha value is -2.41. The van der Waals surface area contributed by atoms with Crippen LogP contribution in [-0.4, -0.2) is 46.1 Å². The normalized spacial score (nSPS) is 17.7. The van der Waals surface area contributed by atoms with Gasteiger partial charge in [-0.3, -0.25) is 9.89 Å². The van der Waals surface area contributed by atoms with Crippen LogP contribution in [0.5, 0.6) is 0 Å². The van der Waals surface area contributed by atoms with Crippen molar-refractivity contribution in [3.05, 3.63) is 30.6 Å². The van der Waals surface area contributed by atoms with E-state index >= 15 is 0 Å². The second kappa shape index (κ2) is 6.00. The molecule has 3 heterocycles. The van der Waals surface area contributed by atoms with E-state index in [1.165, 1.54) is 0 Å². The van der Waals surface area contributed by atoms with Gasteiger partial charge < -0.3 is 10.2 Å². The number of likely N-dealkylation sites (tertiary alicyclic amines) is 1. The van der Waals surface area contributed by atoms with E-state index in [-0.39, 0.29) is 0 Å². The molecule has 0 bridgehead atoms. The molecule has 4 rings (SSSR count). The number of carbonyl (C=O) groups is 1. The van der Waals surface area contributed by atoms with Gasteiger partial charge in [-0.25, -0.2) is 4.98 Å². The van der Waals surface area contributed by atoms with Crippen molar-refractivity contribution < 1.29 is 4.79 Å². The summed E-state index contributed by atoms with van der Waals surface area (Å²) in [5.74, 6) is 0.508. The van der Waals surface area contributed by atoms with Crippen LogP contribution in [-0.2, 0) is 4.79 Å². The summed E-state index contributed by atoms with van der Waals surface area (Å²) in [5.41, 5.74) is 3.22. The summed E-state index contributed by atoms with van der Waals surface area (Å²) in [4.78, 5) is 17.2. The van der Waals surface area contributed by atoms with Gasteiger partial charge in [0, 0.05) is 31.4 Å². The van der Waals surface area contributed by atoms with Crippen molar-refractivity contribution in [1.82, 2.24) is 20.1 Å². The Labute approximate surface area is 137 Å². The van der Waals surface area contributed by atoms with Crippen LogP contribution in [0.15, 0.2) is 30.6 Å². The third-order valence-corrected chi connectivity index (χ3v) is 5.20. The predicted molar refractivity (Wildman–Crippen MR) is 91.4 cm³/mol. The zero-order chi connectivity index (χ0) is 15.6. The quantitative estimate of drug-likeness (QED) is 0.706. The molecule has 118 valence electrons. The van der Waals surface area contributed by atoms with Gasteiger partial charge in [-0.05, 0) is 30.0 Å². The van der Waals surface area contributed by atoms with Crippen LogP contribution in [0.1, 0.15) is 6.42 Å². The van der Waals surface area contributed by atoms with Gasteiger partial charge in [0.25, 0.3) is 0 Å². The fraction of sp³-hybridized carbons (Fsp3) is 0.312. The Morgan fingerprint density at radius 1 is 1.43 bits per heavy atom. The van der Waals surface area contributed by atoms with Crippen molar-refractivity contribution in [1.29, 1.82) is 0 Å². The third kappa shape index (κ3) is 2.92. The average Bonchev–Trinajstić information content (AvgIpc) is 3.30. The fourth-order valence-corrected chi connectivity index (χ4v) is 3.86. The summed E-state index contributed by atoms with van der Waals surface area (Å²) in [5, 5.41) is 11.2. The molecule has 1 fully saturated rings. The molecule has 1 aliphatic rings. The minimum Gasteiger partial charge on any atom is -0.361 e. The van der Waals surface area contributed by atoms with Gasteiger partial charge >= 0.3 is 0 Å². The SMILES string of the molecule is O=CN1CCC(CNc2nc3ccc(-c4cn[nH]c4)cc3s2)C1. The summed E-state index contributed by atoms with van der Waals surface area (Å²) in [6.45, 7) is 2.56. The van der Waals surface area contributed by atoms with Crippen LogP contribution in [0, 0.1) is 5.92 Å². The number of amides is 1. The zero-order valence-corrected chi connectivity index (χ0v) is 13.3. The summed E-state index contributed by atoms with van der Waals surface area (Å²) < 4.78 is 1.16. The van der Waals surface area contributed by atoms with E-state index in [1.807, 2.05) is 23.4 Å². The van der Waals surface area contributed by atoms with Crippen molar-refractivity contribution in [2.45, 2.75) is 6.42 Å². The molecule has 2 aromatic heterocycles. The number of hydrogen-bond acceptors (Lipinski definition) is 5. The molecule has 0 saturated carbocycles. The summed E-state index contributed by atoms with van der Waals surface area (Å²) >= 11 is 1.66. The molecule has 0 aliphatic carbocycles. The van der Waals surface area contributed by atoms with Crippen molar-refractivity contribution in [2.75, 3.05) is 25.0 Å². The summed E-state index contributed by atoms with van der Waals surface area (Å²) in [6.07, 6.45) is 5.71. The number of nitrogens with one attached hydrogen (secondary N) is 2. The molecule has 7 heteroatoms. The maximum atomic E-state index is 10.8. The first-order valence-corrected chi connectivity index (χ1v) is 8.46. The van der Waals surface area contributed by atoms with Crippen molar-refractivity contribution in [3.8, 4) is 11.1 Å². The molecule has 1 aromatic carbocycles. The van der Waals surface area contributed by atoms with Gasteiger partial charge in [-0.1, -0.05) is 17.4 Å². The highest BCUT2D eigenvalue weighted by atomic mass is 32.1. The maximum Gasteiger partial charge on any atom is 0.209 e. The van der Waals surface area contributed by atoms with Gasteiger partial charge in [0.1, 0.15) is 0 Å². The van der Waals surface area contributed by atoms with E-state index in [4.69, 9.17) is 0 Å². The summed E-state index contributed by atoms with van der Waals surface area (Å²) in [7, 11) is 0. The number of H-pyrrole nitrogens is 1. The minimum atomic E-state index is 0.508. The lowest BCUT2D eigenvalue weighted by atomic mass is 10.1. The van der Waals surface area contributed by atoms with Crippen LogP contribution in [0.25, 0.3) is 21.3 Å². The van der Waals surface area contributed by atoms with E-state index in [2.05, 4.69) is 32.6 Å². The van der Waals surface area contributed by atoms with Crippen LogP contribution in [0.3, 0.4) is 0 Å². The first-order valence-electron chi connectivity index (χ1n) is 7.65. The number of fused-ring (bicyclic) bond motifs is 1. The van der Waals surface area contributed by atoms with E-state index < -0.39 is 0 Å². The smallest absolute Gasteiger partial charge is 0.209 e. The number of aromatic nitrogens is 3. The first kappa shape index (κ1) is 14.2. The molecule has 1 unspecified atom stereocenters. The molecule has 3 aromatic rings.